The predicted molar refractivity (Wildman–Crippen MR) is 141 cm³/mol. The fraction of sp³-hybridized carbons (Fsp3) is 0.926. The third-order valence-corrected chi connectivity index (χ3v) is 9.35. The summed E-state index contributed by atoms with van der Waals surface area (Å²) in [7, 11) is 0. The summed E-state index contributed by atoms with van der Waals surface area (Å²) in [5, 5.41) is 72.2. The molecular formula is C27H46N4O9. The third kappa shape index (κ3) is 7.12. The van der Waals surface area contributed by atoms with E-state index in [1.165, 1.54) is 0 Å². The number of aliphatic hydroxyl groups excluding tert-OH is 5. The lowest BCUT2D eigenvalue weighted by Crippen LogP contribution is -2.66. The maximum absolute atomic E-state index is 12.5. The molecule has 0 aromatic carbocycles. The van der Waals surface area contributed by atoms with Crippen molar-refractivity contribution < 1.29 is 44.9 Å². The third-order valence-electron chi connectivity index (χ3n) is 9.35. The monoisotopic (exact) mass is 570 g/mol. The normalized spacial score (nSPS) is 35.2. The number of nitrogens with zero attached hydrogens (tertiary/aromatic N) is 2. The Bertz CT molecular complexity index is 875. The van der Waals surface area contributed by atoms with Gasteiger partial charge >= 0.3 is 5.97 Å². The van der Waals surface area contributed by atoms with Crippen LogP contribution in [0.3, 0.4) is 0 Å². The van der Waals surface area contributed by atoms with Crippen molar-refractivity contribution in [3.05, 3.63) is 0 Å². The zero-order valence-corrected chi connectivity index (χ0v) is 23.0. The molecule has 13 heteroatoms. The van der Waals surface area contributed by atoms with Crippen LogP contribution < -0.4 is 10.7 Å². The first-order chi connectivity index (χ1) is 19.1. The van der Waals surface area contributed by atoms with Crippen LogP contribution in [-0.4, -0.2) is 130 Å². The Hall–Kier alpha value is -1.44. The lowest BCUT2D eigenvalue weighted by atomic mass is 9.46. The van der Waals surface area contributed by atoms with E-state index in [4.69, 9.17) is 14.6 Å². The summed E-state index contributed by atoms with van der Waals surface area (Å²) in [6, 6.07) is 1.24. The standard InChI is InChI=1S/C27H46N4O9/c28-13-19-2-1-4-31(19)30-24(25(37)38)26-9-17-8-18(10-26)12-27(11-17,16-26)40-7-6-39-5-3-29-14-20(33)22(35)23(36)21(34)15-32/h17-24,29-30,32-36H,1-12,14-16H2,(H,37,38)/t17-,18-,19?,20-,21+,22+,23+,24+,26?,27?/m0/s1. The van der Waals surface area contributed by atoms with Crippen molar-refractivity contribution in [1.82, 2.24) is 15.8 Å². The highest BCUT2D eigenvalue weighted by Gasteiger charge is 2.62. The van der Waals surface area contributed by atoms with Crippen molar-refractivity contribution in [2.45, 2.75) is 93.5 Å². The molecule has 5 aliphatic rings. The molecule has 0 aromatic rings. The number of nitriles is 1. The van der Waals surface area contributed by atoms with E-state index in [2.05, 4.69) is 16.8 Å². The highest BCUT2D eigenvalue weighted by atomic mass is 16.5. The van der Waals surface area contributed by atoms with Gasteiger partial charge in [-0.15, -0.1) is 0 Å². The first-order valence-electron chi connectivity index (χ1n) is 14.5. The van der Waals surface area contributed by atoms with Crippen LogP contribution >= 0.6 is 0 Å². The molecule has 0 amide bonds. The van der Waals surface area contributed by atoms with Crippen molar-refractivity contribution in [3.8, 4) is 6.07 Å². The average Bonchev–Trinajstić information content (AvgIpc) is 3.38. The molecule has 4 aliphatic carbocycles. The Balaban J connectivity index is 1.22. The number of aliphatic hydroxyl groups is 5. The van der Waals surface area contributed by atoms with Gasteiger partial charge in [0.1, 0.15) is 30.4 Å². The van der Waals surface area contributed by atoms with Crippen LogP contribution in [-0.2, 0) is 14.3 Å². The van der Waals surface area contributed by atoms with Crippen LogP contribution in [0.2, 0.25) is 0 Å². The molecule has 5 fully saturated rings. The van der Waals surface area contributed by atoms with E-state index in [-0.39, 0.29) is 18.2 Å². The number of hydrazine groups is 1. The number of rotatable bonds is 17. The SMILES string of the molecule is N#CC1CCCN1N[C@H](C(=O)O)C12C[C@@H]3C[C@H](CC(OCCOCCNC[C@H](O)[C@@H](O)[C@H](O)[C@H](O)CO)(C3)C1)C2. The van der Waals surface area contributed by atoms with Crippen LogP contribution in [0.15, 0.2) is 0 Å². The summed E-state index contributed by atoms with van der Waals surface area (Å²) in [5.41, 5.74) is 2.50. The molecule has 0 spiro atoms. The van der Waals surface area contributed by atoms with Gasteiger partial charge in [-0.05, 0) is 63.2 Å². The highest BCUT2D eigenvalue weighted by Crippen LogP contribution is 2.64. The topological polar surface area (TPSA) is 208 Å². The molecule has 40 heavy (non-hydrogen) atoms. The maximum Gasteiger partial charge on any atom is 0.322 e. The Kier molecular flexibility index (Phi) is 10.8. The molecule has 4 bridgehead atoms. The van der Waals surface area contributed by atoms with Gasteiger partial charge in [-0.25, -0.2) is 10.4 Å². The molecule has 1 saturated heterocycles. The van der Waals surface area contributed by atoms with Crippen molar-refractivity contribution in [2.24, 2.45) is 17.3 Å². The predicted octanol–water partition coefficient (Wildman–Crippen LogP) is -1.67. The second-order valence-corrected chi connectivity index (χ2v) is 12.4. The van der Waals surface area contributed by atoms with E-state index < -0.39 is 48.4 Å². The second-order valence-electron chi connectivity index (χ2n) is 12.4. The van der Waals surface area contributed by atoms with Gasteiger partial charge in [0.25, 0.3) is 0 Å². The van der Waals surface area contributed by atoms with Gasteiger partial charge in [0.15, 0.2) is 0 Å². The van der Waals surface area contributed by atoms with Gasteiger partial charge in [0.2, 0.25) is 0 Å². The quantitative estimate of drug-likeness (QED) is 0.0922. The number of carboxylic acid groups (broad SMARTS) is 1. The van der Waals surface area contributed by atoms with Gasteiger partial charge in [-0.1, -0.05) is 0 Å². The zero-order valence-electron chi connectivity index (χ0n) is 23.0. The lowest BCUT2D eigenvalue weighted by molar-refractivity contribution is -0.211. The molecule has 4 saturated carbocycles. The molecule has 0 aromatic heterocycles. The number of nitrogens with one attached hydrogen (secondary N) is 2. The van der Waals surface area contributed by atoms with Crippen molar-refractivity contribution in [3.63, 3.8) is 0 Å². The Labute approximate surface area is 235 Å². The van der Waals surface area contributed by atoms with Gasteiger partial charge in [-0.3, -0.25) is 4.79 Å². The lowest BCUT2D eigenvalue weighted by Gasteiger charge is -2.63. The summed E-state index contributed by atoms with van der Waals surface area (Å²) in [6.07, 6.45) is 0.875. The molecule has 228 valence electrons. The van der Waals surface area contributed by atoms with E-state index in [1.807, 2.05) is 5.01 Å². The van der Waals surface area contributed by atoms with Gasteiger partial charge in [0, 0.05) is 25.0 Å². The minimum absolute atomic E-state index is 0.0322. The zero-order chi connectivity index (χ0) is 28.9. The number of hydrogen-bond donors (Lipinski definition) is 8. The van der Waals surface area contributed by atoms with E-state index >= 15 is 0 Å². The first kappa shape index (κ1) is 31.5. The number of aliphatic carboxylic acids is 1. The number of carboxylic acids is 1. The number of ether oxygens (including phenoxy) is 2. The minimum atomic E-state index is -1.66. The van der Waals surface area contributed by atoms with Crippen molar-refractivity contribution in [2.75, 3.05) is 46.1 Å². The molecule has 0 radical (unpaired) electrons. The summed E-state index contributed by atoms with van der Waals surface area (Å²) in [4.78, 5) is 12.5. The van der Waals surface area contributed by atoms with E-state index in [0.717, 1.165) is 44.9 Å². The maximum atomic E-state index is 12.5. The molecule has 8 atom stereocenters. The summed E-state index contributed by atoms with van der Waals surface area (Å²) < 4.78 is 12.1. The van der Waals surface area contributed by atoms with Crippen LogP contribution in [0.5, 0.6) is 0 Å². The van der Waals surface area contributed by atoms with E-state index in [1.54, 1.807) is 0 Å². The Morgan fingerprint density at radius 2 is 1.75 bits per heavy atom. The molecule has 13 nitrogen and oxygen atoms in total. The number of hydrogen-bond acceptors (Lipinski definition) is 12. The summed E-state index contributed by atoms with van der Waals surface area (Å²) in [6.45, 7) is 1.37. The largest absolute Gasteiger partial charge is 0.480 e. The van der Waals surface area contributed by atoms with Crippen LogP contribution in [0.25, 0.3) is 0 Å². The molecule has 1 aliphatic heterocycles. The van der Waals surface area contributed by atoms with E-state index in [0.29, 0.717) is 51.2 Å². The number of carbonyl (C=O) groups is 1. The molecule has 1 heterocycles. The average molecular weight is 571 g/mol. The highest BCUT2D eigenvalue weighted by molar-refractivity contribution is 5.75. The van der Waals surface area contributed by atoms with Crippen LogP contribution in [0.4, 0.5) is 0 Å². The summed E-state index contributed by atoms with van der Waals surface area (Å²) >= 11 is 0. The molecule has 5 rings (SSSR count). The van der Waals surface area contributed by atoms with Crippen molar-refractivity contribution >= 4 is 5.97 Å². The fourth-order valence-electron chi connectivity index (χ4n) is 7.93. The van der Waals surface area contributed by atoms with Gasteiger partial charge in [0.05, 0.1) is 44.2 Å². The van der Waals surface area contributed by atoms with Crippen molar-refractivity contribution in [1.29, 1.82) is 5.26 Å². The molecule has 1 unspecified atom stereocenters. The Morgan fingerprint density at radius 1 is 1.05 bits per heavy atom. The van der Waals surface area contributed by atoms with Crippen LogP contribution in [0, 0.1) is 28.6 Å². The van der Waals surface area contributed by atoms with E-state index in [9.17, 15) is 35.6 Å². The minimum Gasteiger partial charge on any atom is -0.480 e. The molecular weight excluding hydrogens is 524 g/mol. The second kappa shape index (κ2) is 13.7. The Morgan fingerprint density at radius 3 is 2.40 bits per heavy atom. The first-order valence-corrected chi connectivity index (χ1v) is 14.5. The van der Waals surface area contributed by atoms with Crippen LogP contribution in [0.1, 0.15) is 51.4 Å². The van der Waals surface area contributed by atoms with Gasteiger partial charge < -0.3 is 45.4 Å². The van der Waals surface area contributed by atoms with Gasteiger partial charge in [-0.2, -0.15) is 5.26 Å². The molecule has 8 N–H and O–H groups in total. The fourth-order valence-corrected chi connectivity index (χ4v) is 7.93. The summed E-state index contributed by atoms with van der Waals surface area (Å²) in [5.74, 6) is -0.00783. The smallest absolute Gasteiger partial charge is 0.322 e.